The highest BCUT2D eigenvalue weighted by molar-refractivity contribution is 7.13. The summed E-state index contributed by atoms with van der Waals surface area (Å²) >= 11 is 1.74. The van der Waals surface area contributed by atoms with Gasteiger partial charge in [0.25, 0.3) is 0 Å². The summed E-state index contributed by atoms with van der Waals surface area (Å²) in [5, 5.41) is 6.58. The van der Waals surface area contributed by atoms with Gasteiger partial charge in [-0.05, 0) is 48.9 Å². The largest absolute Gasteiger partial charge is 0.297 e. The molecule has 1 aliphatic heterocycles. The van der Waals surface area contributed by atoms with E-state index >= 15 is 0 Å². The van der Waals surface area contributed by atoms with Crippen molar-refractivity contribution in [3.63, 3.8) is 0 Å². The third-order valence-electron chi connectivity index (χ3n) is 4.63. The molecule has 1 aliphatic rings. The van der Waals surface area contributed by atoms with Crippen LogP contribution in [0.25, 0.3) is 10.6 Å². The molecule has 1 fully saturated rings. The van der Waals surface area contributed by atoms with E-state index in [-0.39, 0.29) is 0 Å². The van der Waals surface area contributed by atoms with Crippen molar-refractivity contribution in [3.8, 4) is 10.6 Å². The van der Waals surface area contributed by atoms with Gasteiger partial charge in [-0.25, -0.2) is 0 Å². The standard InChI is InChI=1S/C19H22N4S/c1-15-12-20-23(13-15)17-7-9-22(10-8-17)14-16-4-2-5-18(21-16)19-6-3-11-24-19/h2-6,11-13,17H,7-10,14H2,1H3. The molecule has 0 N–H and O–H groups in total. The van der Waals surface area contributed by atoms with Crippen LogP contribution in [0, 0.1) is 6.92 Å². The third kappa shape index (κ3) is 3.42. The minimum absolute atomic E-state index is 0.542. The van der Waals surface area contributed by atoms with Gasteiger partial charge in [0, 0.05) is 25.8 Å². The van der Waals surface area contributed by atoms with E-state index in [0.29, 0.717) is 6.04 Å². The van der Waals surface area contributed by atoms with Crippen molar-refractivity contribution in [3.05, 3.63) is 59.4 Å². The quantitative estimate of drug-likeness (QED) is 0.716. The van der Waals surface area contributed by atoms with Gasteiger partial charge in [-0.3, -0.25) is 14.6 Å². The van der Waals surface area contributed by atoms with Crippen molar-refractivity contribution < 1.29 is 0 Å². The number of likely N-dealkylation sites (tertiary alicyclic amines) is 1. The molecule has 3 aromatic rings. The smallest absolute Gasteiger partial charge is 0.0805 e. The maximum Gasteiger partial charge on any atom is 0.0805 e. The topological polar surface area (TPSA) is 34.0 Å². The predicted molar refractivity (Wildman–Crippen MR) is 98.1 cm³/mol. The lowest BCUT2D eigenvalue weighted by Crippen LogP contribution is -2.34. The molecular formula is C19H22N4S. The Morgan fingerprint density at radius 2 is 2.04 bits per heavy atom. The van der Waals surface area contributed by atoms with Crippen molar-refractivity contribution in [2.45, 2.75) is 32.4 Å². The zero-order valence-corrected chi connectivity index (χ0v) is 14.7. The lowest BCUT2D eigenvalue weighted by molar-refractivity contribution is 0.172. The van der Waals surface area contributed by atoms with Crippen LogP contribution in [0.4, 0.5) is 0 Å². The summed E-state index contributed by atoms with van der Waals surface area (Å²) in [5.41, 5.74) is 3.49. The van der Waals surface area contributed by atoms with E-state index in [1.807, 2.05) is 6.20 Å². The summed E-state index contributed by atoms with van der Waals surface area (Å²) in [6.07, 6.45) is 6.43. The fourth-order valence-corrected chi connectivity index (χ4v) is 4.03. The highest BCUT2D eigenvalue weighted by atomic mass is 32.1. The Bertz CT molecular complexity index is 785. The summed E-state index contributed by atoms with van der Waals surface area (Å²) in [5.74, 6) is 0. The van der Waals surface area contributed by atoms with Crippen LogP contribution >= 0.6 is 11.3 Å². The average Bonchev–Trinajstić information content (AvgIpc) is 3.28. The summed E-state index contributed by atoms with van der Waals surface area (Å²) in [4.78, 5) is 8.59. The number of hydrogen-bond donors (Lipinski definition) is 0. The van der Waals surface area contributed by atoms with Crippen molar-refractivity contribution in [2.75, 3.05) is 13.1 Å². The molecule has 4 nitrogen and oxygen atoms in total. The molecule has 0 unspecified atom stereocenters. The molecule has 0 amide bonds. The molecule has 0 aliphatic carbocycles. The average molecular weight is 338 g/mol. The molecule has 0 spiro atoms. The second kappa shape index (κ2) is 6.87. The zero-order chi connectivity index (χ0) is 16.4. The van der Waals surface area contributed by atoms with Gasteiger partial charge >= 0.3 is 0 Å². The van der Waals surface area contributed by atoms with Gasteiger partial charge in [-0.15, -0.1) is 11.3 Å². The van der Waals surface area contributed by atoms with Crippen LogP contribution in [0.3, 0.4) is 0 Å². The minimum Gasteiger partial charge on any atom is -0.297 e. The molecule has 3 aromatic heterocycles. The van der Waals surface area contributed by atoms with Gasteiger partial charge in [0.1, 0.15) is 0 Å². The van der Waals surface area contributed by atoms with E-state index in [2.05, 4.69) is 63.5 Å². The van der Waals surface area contributed by atoms with Gasteiger partial charge in [0.05, 0.1) is 28.5 Å². The lowest BCUT2D eigenvalue weighted by Gasteiger charge is -2.31. The van der Waals surface area contributed by atoms with Crippen molar-refractivity contribution >= 4 is 11.3 Å². The van der Waals surface area contributed by atoms with Crippen LogP contribution in [0.5, 0.6) is 0 Å². The Labute approximate surface area is 146 Å². The molecule has 4 rings (SSSR count). The fourth-order valence-electron chi connectivity index (χ4n) is 3.33. The highest BCUT2D eigenvalue weighted by Crippen LogP contribution is 2.25. The molecule has 4 heterocycles. The van der Waals surface area contributed by atoms with Crippen LogP contribution in [-0.2, 0) is 6.54 Å². The number of nitrogens with zero attached hydrogens (tertiary/aromatic N) is 4. The van der Waals surface area contributed by atoms with Crippen molar-refractivity contribution in [1.82, 2.24) is 19.7 Å². The molecule has 0 saturated carbocycles. The first-order chi connectivity index (χ1) is 11.8. The second-order valence-electron chi connectivity index (χ2n) is 6.50. The molecular weight excluding hydrogens is 316 g/mol. The Balaban J connectivity index is 1.38. The first-order valence-electron chi connectivity index (χ1n) is 8.51. The fraction of sp³-hybridized carbons (Fsp3) is 0.368. The van der Waals surface area contributed by atoms with Gasteiger partial charge in [-0.2, -0.15) is 5.10 Å². The predicted octanol–water partition coefficient (Wildman–Crippen LogP) is 4.15. The van der Waals surface area contributed by atoms with E-state index in [1.165, 1.54) is 10.4 Å². The van der Waals surface area contributed by atoms with Crippen molar-refractivity contribution in [2.24, 2.45) is 0 Å². The van der Waals surface area contributed by atoms with E-state index < -0.39 is 0 Å². The maximum absolute atomic E-state index is 4.84. The number of aryl methyl sites for hydroxylation is 1. The summed E-state index contributed by atoms with van der Waals surface area (Å²) in [6, 6.07) is 11.1. The Morgan fingerprint density at radius 3 is 2.75 bits per heavy atom. The first-order valence-corrected chi connectivity index (χ1v) is 9.39. The highest BCUT2D eigenvalue weighted by Gasteiger charge is 2.21. The summed E-state index contributed by atoms with van der Waals surface area (Å²) < 4.78 is 2.14. The van der Waals surface area contributed by atoms with E-state index in [0.717, 1.165) is 43.9 Å². The molecule has 124 valence electrons. The minimum atomic E-state index is 0.542. The van der Waals surface area contributed by atoms with Gasteiger partial charge in [-0.1, -0.05) is 12.1 Å². The number of piperidine rings is 1. The second-order valence-corrected chi connectivity index (χ2v) is 7.44. The molecule has 0 bridgehead atoms. The van der Waals surface area contributed by atoms with Gasteiger partial charge in [0.2, 0.25) is 0 Å². The van der Waals surface area contributed by atoms with Crippen LogP contribution in [0.15, 0.2) is 48.1 Å². The molecule has 1 saturated heterocycles. The monoisotopic (exact) mass is 338 g/mol. The molecule has 24 heavy (non-hydrogen) atoms. The van der Waals surface area contributed by atoms with Crippen LogP contribution in [0.2, 0.25) is 0 Å². The van der Waals surface area contributed by atoms with Crippen molar-refractivity contribution in [1.29, 1.82) is 0 Å². The lowest BCUT2D eigenvalue weighted by atomic mass is 10.1. The number of aromatic nitrogens is 3. The maximum atomic E-state index is 4.84. The molecule has 5 heteroatoms. The zero-order valence-electron chi connectivity index (χ0n) is 13.9. The summed E-state index contributed by atoms with van der Waals surface area (Å²) in [7, 11) is 0. The van der Waals surface area contributed by atoms with E-state index in [4.69, 9.17) is 4.98 Å². The Kier molecular flexibility index (Phi) is 4.45. The SMILES string of the molecule is Cc1cnn(C2CCN(Cc3cccc(-c4cccs4)n3)CC2)c1. The van der Waals surface area contributed by atoms with E-state index in [1.54, 1.807) is 11.3 Å². The van der Waals surface area contributed by atoms with E-state index in [9.17, 15) is 0 Å². The van der Waals surface area contributed by atoms with Crippen LogP contribution < -0.4 is 0 Å². The summed E-state index contributed by atoms with van der Waals surface area (Å²) in [6.45, 7) is 5.25. The normalized spacial score (nSPS) is 16.5. The molecule has 0 aromatic carbocycles. The first kappa shape index (κ1) is 15.5. The Hall–Kier alpha value is -1.98. The molecule has 0 atom stereocenters. The van der Waals surface area contributed by atoms with Gasteiger partial charge < -0.3 is 0 Å². The molecule has 0 radical (unpaired) electrons. The number of rotatable bonds is 4. The van der Waals surface area contributed by atoms with Crippen LogP contribution in [0.1, 0.15) is 30.1 Å². The third-order valence-corrected chi connectivity index (χ3v) is 5.52. The number of pyridine rings is 1. The number of hydrogen-bond acceptors (Lipinski definition) is 4. The number of thiophene rings is 1. The van der Waals surface area contributed by atoms with Crippen LogP contribution in [-0.4, -0.2) is 32.8 Å². The van der Waals surface area contributed by atoms with Gasteiger partial charge in [0.15, 0.2) is 0 Å². The Morgan fingerprint density at radius 1 is 1.17 bits per heavy atom.